The highest BCUT2D eigenvalue weighted by atomic mass is 32.1. The molecule has 33 heavy (non-hydrogen) atoms. The fraction of sp³-hybridized carbons (Fsp3) is 0.478. The number of hydrogen-bond donors (Lipinski definition) is 1. The maximum absolute atomic E-state index is 13.1. The first-order valence-corrected chi connectivity index (χ1v) is 12.1. The molecule has 3 amide bonds. The van der Waals surface area contributed by atoms with Gasteiger partial charge in [-0.15, -0.1) is 11.3 Å². The summed E-state index contributed by atoms with van der Waals surface area (Å²) in [4.78, 5) is 46.1. The number of carbonyl (C=O) groups excluding carboxylic acids is 3. The summed E-state index contributed by atoms with van der Waals surface area (Å²) in [6.45, 7) is 4.25. The van der Waals surface area contributed by atoms with E-state index in [-0.39, 0.29) is 36.0 Å². The van der Waals surface area contributed by atoms with E-state index in [2.05, 4.69) is 10.3 Å². The maximum Gasteiger partial charge on any atom is 0.229 e. The van der Waals surface area contributed by atoms with Crippen LogP contribution >= 0.6 is 11.3 Å². The zero-order chi connectivity index (χ0) is 22.9. The Kier molecular flexibility index (Phi) is 5.92. The number of anilines is 2. The van der Waals surface area contributed by atoms with Gasteiger partial charge in [0.2, 0.25) is 17.7 Å². The molecule has 2 aromatic rings. The summed E-state index contributed by atoms with van der Waals surface area (Å²) in [7, 11) is 0. The number of rotatable bonds is 4. The Balaban J connectivity index is 1.16. The van der Waals surface area contributed by atoms with E-state index >= 15 is 0 Å². The number of aromatic nitrogens is 1. The predicted molar refractivity (Wildman–Crippen MR) is 123 cm³/mol. The van der Waals surface area contributed by atoms with Gasteiger partial charge in [0.05, 0.1) is 11.6 Å². The molecule has 10 heteroatoms. The lowest BCUT2D eigenvalue weighted by Gasteiger charge is -2.32. The molecule has 5 rings (SSSR count). The number of likely N-dealkylation sites (tertiary alicyclic amines) is 1. The van der Waals surface area contributed by atoms with Crippen molar-refractivity contribution in [2.45, 2.75) is 26.2 Å². The first-order valence-electron chi connectivity index (χ1n) is 11.2. The van der Waals surface area contributed by atoms with Crippen molar-refractivity contribution in [3.63, 3.8) is 0 Å². The molecule has 0 aliphatic carbocycles. The van der Waals surface area contributed by atoms with Gasteiger partial charge in [-0.05, 0) is 31.9 Å². The van der Waals surface area contributed by atoms with E-state index < -0.39 is 0 Å². The first-order chi connectivity index (χ1) is 16.0. The topological polar surface area (TPSA) is 101 Å². The maximum atomic E-state index is 13.1. The number of aryl methyl sites for hydroxylation is 1. The minimum atomic E-state index is -0.380. The third-order valence-corrected chi connectivity index (χ3v) is 7.21. The molecule has 2 fully saturated rings. The molecular weight excluding hydrogens is 444 g/mol. The van der Waals surface area contributed by atoms with Crippen molar-refractivity contribution in [2.24, 2.45) is 11.8 Å². The Morgan fingerprint density at radius 3 is 2.61 bits per heavy atom. The molecule has 2 saturated heterocycles. The number of amides is 3. The highest BCUT2D eigenvalue weighted by Gasteiger charge is 2.39. The molecule has 0 spiro atoms. The van der Waals surface area contributed by atoms with Crippen molar-refractivity contribution in [3.8, 4) is 11.5 Å². The molecule has 3 aliphatic rings. The van der Waals surface area contributed by atoms with Crippen LogP contribution in [0.2, 0.25) is 0 Å². The molecule has 4 heterocycles. The summed E-state index contributed by atoms with van der Waals surface area (Å²) in [6.07, 6.45) is 1.40. The Morgan fingerprint density at radius 2 is 1.88 bits per heavy atom. The molecular formula is C23H26N4O5S. The SMILES string of the molecule is Cc1csc(NC(=O)C2CCN(C(=O)C3CC(=O)N(c4ccc5c(c4)OCCO5)C3)CC2)n1. The quantitative estimate of drug-likeness (QED) is 0.737. The Hall–Kier alpha value is -3.14. The van der Waals surface area contributed by atoms with Gasteiger partial charge in [-0.1, -0.05) is 0 Å². The summed E-state index contributed by atoms with van der Waals surface area (Å²) in [6, 6.07) is 5.43. The van der Waals surface area contributed by atoms with Crippen LogP contribution in [0.4, 0.5) is 10.8 Å². The van der Waals surface area contributed by atoms with Crippen LogP contribution < -0.4 is 19.7 Å². The van der Waals surface area contributed by atoms with Crippen LogP contribution in [0.1, 0.15) is 25.0 Å². The minimum absolute atomic E-state index is 0.0159. The van der Waals surface area contributed by atoms with Gasteiger partial charge in [0.1, 0.15) is 13.2 Å². The van der Waals surface area contributed by atoms with Crippen molar-refractivity contribution >= 4 is 39.9 Å². The van der Waals surface area contributed by atoms with Gasteiger partial charge in [0.25, 0.3) is 0 Å². The summed E-state index contributed by atoms with van der Waals surface area (Å²) in [5.41, 5.74) is 1.60. The number of fused-ring (bicyclic) bond motifs is 1. The van der Waals surface area contributed by atoms with E-state index in [1.807, 2.05) is 18.4 Å². The van der Waals surface area contributed by atoms with Gasteiger partial charge in [-0.2, -0.15) is 0 Å². The number of piperidine rings is 1. The molecule has 1 N–H and O–H groups in total. The highest BCUT2D eigenvalue weighted by Crippen LogP contribution is 2.36. The number of thiazole rings is 1. The van der Waals surface area contributed by atoms with E-state index in [0.29, 0.717) is 68.0 Å². The monoisotopic (exact) mass is 470 g/mol. The molecule has 0 bridgehead atoms. The standard InChI is InChI=1S/C23H26N4O5S/c1-14-13-33-23(24-14)25-21(29)15-4-6-26(7-5-15)22(30)16-10-20(28)27(12-16)17-2-3-18-19(11-17)32-9-8-31-18/h2-3,11,13,15-16H,4-10,12H2,1H3,(H,24,25,29). The van der Waals surface area contributed by atoms with Crippen LogP contribution in [0, 0.1) is 18.8 Å². The van der Waals surface area contributed by atoms with Gasteiger partial charge >= 0.3 is 0 Å². The Morgan fingerprint density at radius 1 is 1.12 bits per heavy atom. The predicted octanol–water partition coefficient (Wildman–Crippen LogP) is 2.45. The lowest BCUT2D eigenvalue weighted by atomic mass is 9.94. The van der Waals surface area contributed by atoms with Gasteiger partial charge in [-0.25, -0.2) is 4.98 Å². The number of nitrogens with zero attached hydrogens (tertiary/aromatic N) is 3. The fourth-order valence-corrected chi connectivity index (χ4v) is 5.25. The van der Waals surface area contributed by atoms with E-state index in [4.69, 9.17) is 9.47 Å². The zero-order valence-electron chi connectivity index (χ0n) is 18.4. The first kappa shape index (κ1) is 21.7. The molecule has 1 atom stereocenters. The van der Waals surface area contributed by atoms with Gasteiger partial charge in [0, 0.05) is 49.1 Å². The van der Waals surface area contributed by atoms with Gasteiger partial charge in [0.15, 0.2) is 16.6 Å². The number of hydrogen-bond acceptors (Lipinski definition) is 7. The third-order valence-electron chi connectivity index (χ3n) is 6.34. The summed E-state index contributed by atoms with van der Waals surface area (Å²) in [5.74, 6) is 0.635. The van der Waals surface area contributed by atoms with Crippen LogP contribution in [0.3, 0.4) is 0 Å². The zero-order valence-corrected chi connectivity index (χ0v) is 19.2. The lowest BCUT2D eigenvalue weighted by Crippen LogP contribution is -2.44. The summed E-state index contributed by atoms with van der Waals surface area (Å²) >= 11 is 1.41. The van der Waals surface area contributed by atoms with E-state index in [9.17, 15) is 14.4 Å². The highest BCUT2D eigenvalue weighted by molar-refractivity contribution is 7.13. The second-order valence-corrected chi connectivity index (χ2v) is 9.47. The minimum Gasteiger partial charge on any atom is -0.486 e. The van der Waals surface area contributed by atoms with Crippen LogP contribution in [0.15, 0.2) is 23.6 Å². The molecule has 0 radical (unpaired) electrons. The second-order valence-electron chi connectivity index (χ2n) is 8.62. The summed E-state index contributed by atoms with van der Waals surface area (Å²) in [5, 5.41) is 5.39. The van der Waals surface area contributed by atoms with Crippen molar-refractivity contribution in [3.05, 3.63) is 29.3 Å². The van der Waals surface area contributed by atoms with Crippen LogP contribution in [-0.2, 0) is 14.4 Å². The van der Waals surface area contributed by atoms with E-state index in [1.54, 1.807) is 21.9 Å². The normalized spacial score (nSPS) is 20.8. The Labute approximate surface area is 195 Å². The summed E-state index contributed by atoms with van der Waals surface area (Å²) < 4.78 is 11.2. The van der Waals surface area contributed by atoms with E-state index in [0.717, 1.165) is 5.69 Å². The van der Waals surface area contributed by atoms with Gasteiger partial charge < -0.3 is 24.6 Å². The average molecular weight is 471 g/mol. The third kappa shape index (κ3) is 4.52. The molecule has 1 aromatic carbocycles. The lowest BCUT2D eigenvalue weighted by molar-refractivity contribution is -0.138. The Bertz CT molecular complexity index is 1080. The average Bonchev–Trinajstić information content (AvgIpc) is 3.43. The number of benzene rings is 1. The van der Waals surface area contributed by atoms with Gasteiger partial charge in [-0.3, -0.25) is 14.4 Å². The smallest absolute Gasteiger partial charge is 0.229 e. The second kappa shape index (κ2) is 9.01. The van der Waals surface area contributed by atoms with Crippen molar-refractivity contribution in [1.82, 2.24) is 9.88 Å². The van der Waals surface area contributed by atoms with Crippen molar-refractivity contribution in [2.75, 3.05) is 43.1 Å². The fourth-order valence-electron chi connectivity index (χ4n) is 4.56. The van der Waals surface area contributed by atoms with Crippen LogP contribution in [0.25, 0.3) is 0 Å². The molecule has 174 valence electrons. The van der Waals surface area contributed by atoms with Crippen LogP contribution in [-0.4, -0.2) is 60.5 Å². The number of carbonyl (C=O) groups is 3. The number of ether oxygens (including phenoxy) is 2. The molecule has 9 nitrogen and oxygen atoms in total. The molecule has 1 unspecified atom stereocenters. The molecule has 0 saturated carbocycles. The molecule has 3 aliphatic heterocycles. The van der Waals surface area contributed by atoms with Crippen molar-refractivity contribution < 1.29 is 23.9 Å². The largest absolute Gasteiger partial charge is 0.486 e. The van der Waals surface area contributed by atoms with E-state index in [1.165, 1.54) is 11.3 Å². The van der Waals surface area contributed by atoms with Crippen LogP contribution in [0.5, 0.6) is 11.5 Å². The van der Waals surface area contributed by atoms with Crippen molar-refractivity contribution in [1.29, 1.82) is 0 Å². The molecule has 1 aromatic heterocycles. The number of nitrogens with one attached hydrogen (secondary N) is 1.